The second-order valence-corrected chi connectivity index (χ2v) is 23.1. The van der Waals surface area contributed by atoms with Gasteiger partial charge in [-0.05, 0) is 233 Å². The van der Waals surface area contributed by atoms with Gasteiger partial charge in [-0.25, -0.2) is 17.6 Å². The molecule has 4 aromatic carbocycles. The summed E-state index contributed by atoms with van der Waals surface area (Å²) in [4.78, 5) is 0. The van der Waals surface area contributed by atoms with E-state index < -0.39 is 23.3 Å². The maximum absolute atomic E-state index is 14.1. The molecule has 0 aliphatic heterocycles. The normalized spacial score (nSPS) is 25.4. The van der Waals surface area contributed by atoms with E-state index in [0.717, 1.165) is 54.8 Å². The van der Waals surface area contributed by atoms with E-state index in [2.05, 4.69) is 79.7 Å². The molecule has 0 spiro atoms. The van der Waals surface area contributed by atoms with Crippen molar-refractivity contribution < 1.29 is 17.6 Å². The Morgan fingerprint density at radius 1 is 0.313 bits per heavy atom. The van der Waals surface area contributed by atoms with Crippen LogP contribution in [-0.2, 0) is 25.7 Å². The first kappa shape index (κ1) is 53.0. The van der Waals surface area contributed by atoms with Crippen LogP contribution in [0.5, 0.6) is 0 Å². The minimum Gasteiger partial charge on any atom is -0.203 e. The number of halogens is 4. The first-order chi connectivity index (χ1) is 32.0. The molecule has 67 heavy (non-hydrogen) atoms. The average molecular weight is 921 g/mol. The lowest BCUT2D eigenvalue weighted by Crippen LogP contribution is -2.21. The molecular weight excluding hydrogens is 833 g/mol. The fourth-order valence-corrected chi connectivity index (χ4v) is 12.1. The smallest absolute Gasteiger partial charge is 0.162 e. The van der Waals surface area contributed by atoms with E-state index in [4.69, 9.17) is 0 Å². The Kier molecular flexibility index (Phi) is 19.7. The Morgan fingerprint density at radius 2 is 0.597 bits per heavy atom. The second-order valence-electron chi connectivity index (χ2n) is 23.1. The van der Waals surface area contributed by atoms with Crippen LogP contribution in [0.15, 0.2) is 48.5 Å². The Balaban J connectivity index is 0.000000169. The fourth-order valence-electron chi connectivity index (χ4n) is 12.1. The van der Waals surface area contributed by atoms with Crippen LogP contribution in [0.2, 0.25) is 0 Å². The monoisotopic (exact) mass is 921 g/mol. The zero-order chi connectivity index (χ0) is 48.4. The van der Waals surface area contributed by atoms with Crippen molar-refractivity contribution >= 4 is 0 Å². The van der Waals surface area contributed by atoms with Crippen LogP contribution in [-0.4, -0.2) is 0 Å². The van der Waals surface area contributed by atoms with Crippen LogP contribution in [0.1, 0.15) is 197 Å². The van der Waals surface area contributed by atoms with Gasteiger partial charge in [0.15, 0.2) is 23.3 Å². The summed E-state index contributed by atoms with van der Waals surface area (Å²) in [6.07, 6.45) is 26.2. The van der Waals surface area contributed by atoms with Crippen LogP contribution < -0.4 is 0 Å². The van der Waals surface area contributed by atoms with Gasteiger partial charge in [-0.1, -0.05) is 134 Å². The van der Waals surface area contributed by atoms with Crippen molar-refractivity contribution in [1.29, 1.82) is 0 Å². The number of benzene rings is 4. The van der Waals surface area contributed by atoms with E-state index in [1.807, 2.05) is 0 Å². The molecule has 0 aromatic heterocycles. The van der Waals surface area contributed by atoms with E-state index in [0.29, 0.717) is 46.9 Å². The Labute approximate surface area is 405 Å². The lowest BCUT2D eigenvalue weighted by atomic mass is 9.72. The van der Waals surface area contributed by atoms with Crippen LogP contribution in [0.3, 0.4) is 0 Å². The van der Waals surface area contributed by atoms with Crippen molar-refractivity contribution in [3.8, 4) is 0 Å². The molecule has 0 heterocycles. The number of rotatable bonds is 10. The predicted octanol–water partition coefficient (Wildman–Crippen LogP) is 18.7. The largest absolute Gasteiger partial charge is 0.203 e. The van der Waals surface area contributed by atoms with E-state index in [1.165, 1.54) is 142 Å². The molecule has 0 saturated heterocycles. The molecule has 4 fully saturated rings. The average Bonchev–Trinajstić information content (AvgIpc) is 3.32. The quantitative estimate of drug-likeness (QED) is 0.139. The van der Waals surface area contributed by atoms with Crippen molar-refractivity contribution in [1.82, 2.24) is 0 Å². The minimum atomic E-state index is -0.674. The highest BCUT2D eigenvalue weighted by molar-refractivity contribution is 5.46. The molecule has 4 saturated carbocycles. The molecule has 0 radical (unpaired) electrons. The summed E-state index contributed by atoms with van der Waals surface area (Å²) in [6, 6.07) is 16.3. The maximum Gasteiger partial charge on any atom is 0.162 e. The van der Waals surface area contributed by atoms with Crippen molar-refractivity contribution in [2.45, 2.75) is 204 Å². The summed E-state index contributed by atoms with van der Waals surface area (Å²) in [5, 5.41) is 0. The van der Waals surface area contributed by atoms with Gasteiger partial charge in [0, 0.05) is 0 Å². The molecule has 8 rings (SSSR count). The van der Waals surface area contributed by atoms with Crippen LogP contribution >= 0.6 is 0 Å². The second kappa shape index (κ2) is 24.9. The summed E-state index contributed by atoms with van der Waals surface area (Å²) >= 11 is 0. The lowest BCUT2D eigenvalue weighted by molar-refractivity contribution is 0.195. The SMILES string of the molecule is Cc1ccc(CC2CCC(C)CC2)c(F)c1F.Cc1ccc(CC2CCC(CC3CCC(C)CC3)CC2)c(F)c1F.Cc1ccc(Cc2ccc(CC3CCC(C)CC3)c(C)c2C)c(C)c1C. The molecule has 0 atom stereocenters. The lowest BCUT2D eigenvalue weighted by Gasteiger charge is -2.33. The first-order valence-electron chi connectivity index (χ1n) is 27.0. The van der Waals surface area contributed by atoms with Gasteiger partial charge >= 0.3 is 0 Å². The van der Waals surface area contributed by atoms with E-state index in [9.17, 15) is 17.6 Å². The van der Waals surface area contributed by atoms with Gasteiger partial charge in [-0.15, -0.1) is 0 Å². The van der Waals surface area contributed by atoms with E-state index >= 15 is 0 Å². The molecule has 368 valence electrons. The zero-order valence-electron chi connectivity index (χ0n) is 43.6. The first-order valence-corrected chi connectivity index (χ1v) is 27.0. The maximum atomic E-state index is 14.1. The number of hydrogen-bond donors (Lipinski definition) is 0. The van der Waals surface area contributed by atoms with Gasteiger partial charge < -0.3 is 0 Å². The summed E-state index contributed by atoms with van der Waals surface area (Å²) in [7, 11) is 0. The third kappa shape index (κ3) is 14.8. The van der Waals surface area contributed by atoms with Crippen molar-refractivity contribution in [2.24, 2.45) is 47.3 Å². The number of aryl methyl sites for hydroxylation is 3. The third-order valence-electron chi connectivity index (χ3n) is 17.8. The molecule has 0 N–H and O–H groups in total. The van der Waals surface area contributed by atoms with Crippen LogP contribution in [0.25, 0.3) is 0 Å². The highest BCUT2D eigenvalue weighted by Gasteiger charge is 2.28. The number of hydrogen-bond acceptors (Lipinski definition) is 0. The summed E-state index contributed by atoms with van der Waals surface area (Å²) in [5.41, 5.74) is 13.8. The summed E-state index contributed by atoms with van der Waals surface area (Å²) in [6.45, 7) is 21.7. The third-order valence-corrected chi connectivity index (χ3v) is 17.8. The van der Waals surface area contributed by atoms with Gasteiger partial charge in [0.25, 0.3) is 0 Å². The van der Waals surface area contributed by atoms with Crippen LogP contribution in [0.4, 0.5) is 17.6 Å². The van der Waals surface area contributed by atoms with Gasteiger partial charge in [0.2, 0.25) is 0 Å². The molecule has 0 unspecified atom stereocenters. The van der Waals surface area contributed by atoms with Crippen molar-refractivity contribution in [3.63, 3.8) is 0 Å². The van der Waals surface area contributed by atoms with Gasteiger partial charge in [-0.2, -0.15) is 0 Å². The molecular formula is C63H88F4. The van der Waals surface area contributed by atoms with E-state index in [-0.39, 0.29) is 0 Å². The highest BCUT2D eigenvalue weighted by atomic mass is 19.2. The van der Waals surface area contributed by atoms with E-state index in [1.54, 1.807) is 43.7 Å². The molecule has 0 bridgehead atoms. The molecule has 0 amide bonds. The fraction of sp³-hybridized carbons (Fsp3) is 0.619. The van der Waals surface area contributed by atoms with Gasteiger partial charge in [0.05, 0.1) is 0 Å². The molecule has 4 aliphatic rings. The Morgan fingerprint density at radius 3 is 1.03 bits per heavy atom. The molecule has 4 heteroatoms. The minimum absolute atomic E-state index is 0.392. The predicted molar refractivity (Wildman–Crippen MR) is 276 cm³/mol. The van der Waals surface area contributed by atoms with Crippen molar-refractivity contribution in [3.05, 3.63) is 139 Å². The summed E-state index contributed by atoms with van der Waals surface area (Å²) in [5.74, 6) is 3.87. The Bertz CT molecular complexity index is 2180. The van der Waals surface area contributed by atoms with Crippen LogP contribution in [0, 0.1) is 119 Å². The molecule has 4 aliphatic carbocycles. The van der Waals surface area contributed by atoms with Gasteiger partial charge in [-0.3, -0.25) is 0 Å². The Hall–Kier alpha value is -3.40. The van der Waals surface area contributed by atoms with Crippen molar-refractivity contribution in [2.75, 3.05) is 0 Å². The topological polar surface area (TPSA) is 0 Å². The summed E-state index contributed by atoms with van der Waals surface area (Å²) < 4.78 is 54.9. The molecule has 0 nitrogen and oxygen atoms in total. The van der Waals surface area contributed by atoms with Gasteiger partial charge in [0.1, 0.15) is 0 Å². The highest BCUT2D eigenvalue weighted by Crippen LogP contribution is 2.40. The molecule has 4 aromatic rings. The standard InChI is InChI=1S/C26H36.C22H32F2.C15H20F2/c1-17-7-10-23(11-8-17)15-24-13-14-26(22(6)21(24)5)16-25-12-9-18(2)19(3)20(25)4;1-15-3-6-17(7-4-15)13-18-8-10-19(11-9-18)14-20-12-5-16(2)21(23)22(20)24;1-10-3-6-12(7-4-10)9-13-8-5-11(2)14(16)15(13)17/h9,12-14,17,23H,7-8,10-11,15-16H2,1-6H3;5,12,15,17-19H,3-4,6-11,13-14H2,1-2H3;5,8,10,12H,3-4,6-7,9H2,1-2H3. The zero-order valence-corrected chi connectivity index (χ0v) is 43.6.